The van der Waals surface area contributed by atoms with E-state index in [2.05, 4.69) is 43.5 Å². The van der Waals surface area contributed by atoms with E-state index < -0.39 is 84.6 Å². The Morgan fingerprint density at radius 2 is 1.78 bits per heavy atom. The zero-order chi connectivity index (χ0) is 48.3. The van der Waals surface area contributed by atoms with E-state index in [1.807, 2.05) is 19.1 Å². The van der Waals surface area contributed by atoms with Crippen LogP contribution in [-0.4, -0.2) is 115 Å². The molecule has 1 saturated carbocycles. The predicted octanol–water partition coefficient (Wildman–Crippen LogP) is -1.56. The Bertz CT molecular complexity index is 2210. The number of ether oxygens (including phenoxy) is 1. The van der Waals surface area contributed by atoms with E-state index in [9.17, 15) is 67.5 Å². The number of phosphoric ester groups is 3. The first kappa shape index (κ1) is 54.2. The van der Waals surface area contributed by atoms with Crippen LogP contribution in [0.15, 0.2) is 24.8 Å². The normalized spacial score (nSPS) is 23.9. The molecule has 0 spiro atoms. The number of carbonyl (C=O) groups is 5. The summed E-state index contributed by atoms with van der Waals surface area (Å²) in [5, 5.41) is 25.9. The van der Waals surface area contributed by atoms with Gasteiger partial charge < -0.3 is 69.0 Å². The number of aliphatic hydroxyl groups is 2. The lowest BCUT2D eigenvalue weighted by Gasteiger charge is -2.36. The minimum Gasteiger partial charge on any atom is -0.790 e. The Labute approximate surface area is 376 Å². The van der Waals surface area contributed by atoms with E-state index in [0.717, 1.165) is 35.4 Å². The van der Waals surface area contributed by atoms with Crippen molar-refractivity contribution in [3.05, 3.63) is 24.8 Å². The van der Waals surface area contributed by atoms with Crippen LogP contribution in [0.2, 0.25) is 0 Å². The second kappa shape index (κ2) is 23.6. The Morgan fingerprint density at radius 1 is 1.08 bits per heavy atom. The number of amides is 2. The summed E-state index contributed by atoms with van der Waals surface area (Å²) >= 11 is 0.864. The third-order valence-electron chi connectivity index (χ3n) is 10.1. The van der Waals surface area contributed by atoms with Crippen LogP contribution in [0.4, 0.5) is 5.82 Å². The lowest BCUT2D eigenvalue weighted by molar-refractivity contribution is -0.347. The summed E-state index contributed by atoms with van der Waals surface area (Å²) in [4.78, 5) is 122. The van der Waals surface area contributed by atoms with Gasteiger partial charge in [0.15, 0.2) is 22.8 Å². The van der Waals surface area contributed by atoms with Crippen molar-refractivity contribution in [2.75, 3.05) is 37.8 Å². The Morgan fingerprint density at radius 3 is 2.48 bits per heavy atom. The number of hydrogen-bond donors (Lipinski definition) is 5. The average molecular weight is 998 g/mol. The molecule has 2 aromatic heterocycles. The van der Waals surface area contributed by atoms with Gasteiger partial charge in [-0.2, -0.15) is 0 Å². The number of aliphatic hydroxyl groups excluding tert-OH is 2. The number of nitrogens with zero attached hydrogens (tertiary/aromatic N) is 4. The molecule has 2 aromatic rings. The molecule has 30 heteroatoms. The molecular weight excluding hydrogens is 947 g/mol. The van der Waals surface area contributed by atoms with Crippen molar-refractivity contribution in [2.24, 2.45) is 17.3 Å². The van der Waals surface area contributed by atoms with Crippen molar-refractivity contribution >= 4 is 80.7 Å². The van der Waals surface area contributed by atoms with Gasteiger partial charge in [0.1, 0.15) is 47.8 Å². The summed E-state index contributed by atoms with van der Waals surface area (Å²) in [5.41, 5.74) is 4.01. The lowest BCUT2D eigenvalue weighted by atomic mass is 9.87. The van der Waals surface area contributed by atoms with Crippen LogP contribution in [0.1, 0.15) is 71.9 Å². The van der Waals surface area contributed by atoms with Gasteiger partial charge in [0.05, 0.1) is 33.8 Å². The molecule has 2 unspecified atom stereocenters. The fraction of sp³-hybridized carbons (Fsp3) is 0.657. The number of imidazole rings is 1. The molecule has 26 nitrogen and oxygen atoms in total. The number of ketones is 2. The van der Waals surface area contributed by atoms with E-state index in [0.29, 0.717) is 19.3 Å². The van der Waals surface area contributed by atoms with Crippen LogP contribution in [0, 0.1) is 17.3 Å². The molecule has 0 bridgehead atoms. The molecule has 1 aliphatic carbocycles. The topological polar surface area (TPSA) is 409 Å². The molecule has 4 rings (SSSR count). The van der Waals surface area contributed by atoms with E-state index in [1.165, 1.54) is 13.8 Å². The molecule has 65 heavy (non-hydrogen) atoms. The maximum absolute atomic E-state index is 12.6. The highest BCUT2D eigenvalue weighted by Gasteiger charge is 2.47. The molecule has 0 radical (unpaired) electrons. The number of thioether (sulfide) groups is 1. The zero-order valence-corrected chi connectivity index (χ0v) is 38.8. The van der Waals surface area contributed by atoms with Crippen molar-refractivity contribution in [3.8, 4) is 0 Å². The first-order valence-electron chi connectivity index (χ1n) is 20.0. The largest absolute Gasteiger partial charge is 0.790 e. The number of Topliss-reactive ketones (excluding diaryl/α,β-unsaturated/α-hetero) is 2. The fourth-order valence-electron chi connectivity index (χ4n) is 6.80. The number of allylic oxidation sites excluding steroid dienone is 2. The Hall–Kier alpha value is -3.36. The van der Waals surface area contributed by atoms with Crippen molar-refractivity contribution in [1.82, 2.24) is 30.2 Å². The van der Waals surface area contributed by atoms with E-state index in [-0.39, 0.29) is 83.6 Å². The maximum Gasteiger partial charge on any atom is 0.274 e. The summed E-state index contributed by atoms with van der Waals surface area (Å²) in [6.07, 6.45) is -1.57. The van der Waals surface area contributed by atoms with Gasteiger partial charge in [0, 0.05) is 49.4 Å². The quantitative estimate of drug-likeness (QED) is 0.0308. The molecule has 2 fully saturated rings. The first-order chi connectivity index (χ1) is 30.3. The minimum atomic E-state index is -5.94. The summed E-state index contributed by atoms with van der Waals surface area (Å²) in [7, 11) is -17.7. The standard InChI is InChI=1S/C35H54N7O19P3S/c1-4-5-6-7-22-20(8-9-23(22)44)14-21(43)15-26(46)65-13-12-37-25(45)10-11-38-33(49)30(48)35(2,3)17-58-64(55,56)61-63(53,54)57-16-24-29(60-62(50,51)52)28(47)34(59-24)42-19-41-27-31(36)39-18-40-32(27)42/h5-6,18-20,22,24,28-30,34,47-48H,4,7-17H2,1-3H3,(H,37,45)(H,38,49)(H,53,54)(H,55,56)(H2,36,39,40)(H2,50,51,52)/p-4/b6-5-/t20-,22+,24-,28-,29-,30+,34-/m1/s1. The van der Waals surface area contributed by atoms with Gasteiger partial charge in [-0.15, -0.1) is 0 Å². The van der Waals surface area contributed by atoms with Gasteiger partial charge in [-0.05, 0) is 25.2 Å². The molecule has 2 aliphatic rings. The van der Waals surface area contributed by atoms with Gasteiger partial charge in [-0.3, -0.25) is 37.7 Å². The molecule has 3 heterocycles. The third-order valence-corrected chi connectivity index (χ3v) is 14.0. The smallest absolute Gasteiger partial charge is 0.274 e. The van der Waals surface area contributed by atoms with Crippen molar-refractivity contribution in [1.29, 1.82) is 0 Å². The predicted molar refractivity (Wildman–Crippen MR) is 218 cm³/mol. The van der Waals surface area contributed by atoms with Gasteiger partial charge in [-0.25, -0.2) is 19.3 Å². The number of carbonyl (C=O) groups excluding carboxylic acids is 5. The van der Waals surface area contributed by atoms with Crippen LogP contribution in [0.25, 0.3) is 11.2 Å². The van der Waals surface area contributed by atoms with E-state index >= 15 is 0 Å². The second-order valence-electron chi connectivity index (χ2n) is 15.6. The van der Waals surface area contributed by atoms with E-state index in [4.69, 9.17) is 10.5 Å². The molecule has 364 valence electrons. The molecule has 2 amide bonds. The Balaban J connectivity index is 1.16. The number of nitrogens with one attached hydrogen (secondary N) is 2. The van der Waals surface area contributed by atoms with E-state index in [1.54, 1.807) is 0 Å². The summed E-state index contributed by atoms with van der Waals surface area (Å²) in [6, 6.07) is 0. The highest BCUT2D eigenvalue weighted by atomic mass is 32.2. The molecule has 0 aromatic carbocycles. The molecule has 9 atom stereocenters. The number of fused-ring (bicyclic) bond motifs is 1. The number of nitrogens with two attached hydrogens (primary N) is 1. The minimum absolute atomic E-state index is 0.0321. The molecule has 1 saturated heterocycles. The van der Waals surface area contributed by atoms with Gasteiger partial charge in [0.2, 0.25) is 11.8 Å². The van der Waals surface area contributed by atoms with Crippen LogP contribution < -0.4 is 35.9 Å². The number of anilines is 1. The fourth-order valence-corrected chi connectivity index (χ4v) is 10.2. The highest BCUT2D eigenvalue weighted by Crippen LogP contribution is 2.56. The summed E-state index contributed by atoms with van der Waals surface area (Å²) < 4.78 is 60.7. The molecule has 6 N–H and O–H groups in total. The third kappa shape index (κ3) is 16.4. The van der Waals surface area contributed by atoms with Gasteiger partial charge >= 0.3 is 0 Å². The van der Waals surface area contributed by atoms with Crippen molar-refractivity contribution < 1.29 is 90.1 Å². The average Bonchev–Trinajstić information content (AvgIpc) is 3.88. The maximum atomic E-state index is 12.6. The number of nitrogen functional groups attached to an aromatic ring is 1. The summed E-state index contributed by atoms with van der Waals surface area (Å²) in [5.74, 6) is -1.95. The second-order valence-corrected chi connectivity index (χ2v) is 20.8. The van der Waals surface area contributed by atoms with Gasteiger partial charge in [0.25, 0.3) is 15.6 Å². The number of rotatable bonds is 26. The molecular formula is C35H50N7O19P3S-4. The van der Waals surface area contributed by atoms with Gasteiger partial charge in [-0.1, -0.05) is 44.7 Å². The van der Waals surface area contributed by atoms with Crippen LogP contribution >= 0.6 is 35.2 Å². The lowest BCUT2D eigenvalue weighted by Crippen LogP contribution is -2.46. The van der Waals surface area contributed by atoms with Crippen LogP contribution in [0.5, 0.6) is 0 Å². The first-order valence-corrected chi connectivity index (χ1v) is 25.4. The van der Waals surface area contributed by atoms with Crippen molar-refractivity contribution in [2.45, 2.75) is 96.4 Å². The van der Waals surface area contributed by atoms with Crippen molar-refractivity contribution in [3.63, 3.8) is 0 Å². The van der Waals surface area contributed by atoms with Crippen LogP contribution in [0.3, 0.4) is 0 Å². The number of aromatic nitrogens is 4. The monoisotopic (exact) mass is 997 g/mol. The van der Waals surface area contributed by atoms with Crippen LogP contribution in [-0.2, 0) is 60.3 Å². The molecule has 1 aliphatic heterocycles. The highest BCUT2D eigenvalue weighted by molar-refractivity contribution is 8.13. The SMILES string of the molecule is CC/C=C\C[C@@H]1C(=O)CC[C@@H]1CC(=O)CC(=O)SCCNC(=O)CCNC(=O)[C@H](O)C(C)(C)COP(=O)([O-])OP(=O)([O-])OC[C@H]1O[C@@H](n2cnc3c(N)ncnc32)[C@H](O)[C@@H]1OP(=O)([O-])[O-]. The Kier molecular flexibility index (Phi) is 19.7. The number of hydrogen-bond acceptors (Lipinski definition) is 24. The number of phosphoric acid groups is 3. The zero-order valence-electron chi connectivity index (χ0n) is 35.3. The summed E-state index contributed by atoms with van der Waals surface area (Å²) in [6.45, 7) is 1.79.